The third kappa shape index (κ3) is 4.10. The van der Waals surface area contributed by atoms with E-state index >= 15 is 0 Å². The SMILES string of the molecule is CC.CCC1CCC(NC)CC1.[HH]. The summed E-state index contributed by atoms with van der Waals surface area (Å²) in [6.07, 6.45) is 7.07. The second kappa shape index (κ2) is 7.60. The van der Waals surface area contributed by atoms with Gasteiger partial charge in [-0.2, -0.15) is 0 Å². The lowest BCUT2D eigenvalue weighted by atomic mass is 9.85. The minimum Gasteiger partial charge on any atom is -0.317 e. The first-order chi connectivity index (χ1) is 5.86. The van der Waals surface area contributed by atoms with Crippen LogP contribution in [-0.4, -0.2) is 13.1 Å². The summed E-state index contributed by atoms with van der Waals surface area (Å²) in [5.74, 6) is 1.03. The van der Waals surface area contributed by atoms with E-state index in [1.165, 1.54) is 32.1 Å². The highest BCUT2D eigenvalue weighted by Crippen LogP contribution is 2.25. The molecule has 0 saturated heterocycles. The van der Waals surface area contributed by atoms with E-state index in [1.54, 1.807) is 0 Å². The van der Waals surface area contributed by atoms with Crippen LogP contribution in [0.1, 0.15) is 54.3 Å². The summed E-state index contributed by atoms with van der Waals surface area (Å²) >= 11 is 0. The lowest BCUT2D eigenvalue weighted by Crippen LogP contribution is -2.29. The van der Waals surface area contributed by atoms with E-state index in [0.29, 0.717) is 0 Å². The van der Waals surface area contributed by atoms with Gasteiger partial charge >= 0.3 is 0 Å². The van der Waals surface area contributed by atoms with Gasteiger partial charge in [0.2, 0.25) is 0 Å². The molecular weight excluding hydrogens is 146 g/mol. The van der Waals surface area contributed by atoms with Gasteiger partial charge in [0, 0.05) is 7.47 Å². The van der Waals surface area contributed by atoms with Crippen molar-refractivity contribution in [3.05, 3.63) is 0 Å². The zero-order valence-electron chi connectivity index (χ0n) is 9.19. The Morgan fingerprint density at radius 1 is 1.17 bits per heavy atom. The summed E-state index contributed by atoms with van der Waals surface area (Å²) in [5, 5.41) is 3.35. The molecule has 1 fully saturated rings. The first-order valence-corrected chi connectivity index (χ1v) is 5.54. The molecule has 0 unspecified atom stereocenters. The molecule has 0 amide bonds. The van der Waals surface area contributed by atoms with Gasteiger partial charge in [0.05, 0.1) is 0 Å². The van der Waals surface area contributed by atoms with Crippen LogP contribution in [0.15, 0.2) is 0 Å². The van der Waals surface area contributed by atoms with Gasteiger partial charge in [0.25, 0.3) is 0 Å². The molecule has 0 aliphatic heterocycles. The molecule has 1 rings (SSSR count). The van der Waals surface area contributed by atoms with Crippen molar-refractivity contribution in [2.24, 2.45) is 5.92 Å². The summed E-state index contributed by atoms with van der Waals surface area (Å²) in [7, 11) is 2.08. The largest absolute Gasteiger partial charge is 0.317 e. The predicted molar refractivity (Wildman–Crippen MR) is 58.6 cm³/mol. The van der Waals surface area contributed by atoms with E-state index in [9.17, 15) is 0 Å². The average molecular weight is 173 g/mol. The van der Waals surface area contributed by atoms with Gasteiger partial charge in [0.15, 0.2) is 0 Å². The van der Waals surface area contributed by atoms with Crippen LogP contribution < -0.4 is 5.32 Å². The van der Waals surface area contributed by atoms with Crippen LogP contribution in [0.3, 0.4) is 0 Å². The standard InChI is InChI=1S/C9H19N.C2H6.H2/c1-3-8-4-6-9(10-2)7-5-8;1-2;/h8-10H,3-7H2,1-2H3;1-2H3;1H. The van der Waals surface area contributed by atoms with E-state index in [1.807, 2.05) is 13.8 Å². The van der Waals surface area contributed by atoms with E-state index in [2.05, 4.69) is 19.3 Å². The van der Waals surface area contributed by atoms with Crippen molar-refractivity contribution in [2.45, 2.75) is 58.9 Å². The topological polar surface area (TPSA) is 12.0 Å². The molecular formula is C11H27N. The van der Waals surface area contributed by atoms with Crippen LogP contribution in [0.5, 0.6) is 0 Å². The number of rotatable bonds is 2. The van der Waals surface area contributed by atoms with Gasteiger partial charge in [-0.15, -0.1) is 0 Å². The molecule has 0 aromatic heterocycles. The minimum absolute atomic E-state index is 0. The molecule has 76 valence electrons. The van der Waals surface area contributed by atoms with Crippen LogP contribution in [0.2, 0.25) is 0 Å². The fraction of sp³-hybridized carbons (Fsp3) is 1.00. The van der Waals surface area contributed by atoms with E-state index in [0.717, 1.165) is 12.0 Å². The van der Waals surface area contributed by atoms with Gasteiger partial charge in [0.1, 0.15) is 0 Å². The molecule has 1 N–H and O–H groups in total. The number of nitrogens with one attached hydrogen (secondary N) is 1. The van der Waals surface area contributed by atoms with Crippen molar-refractivity contribution in [1.82, 2.24) is 5.32 Å². The quantitative estimate of drug-likeness (QED) is 0.674. The summed E-state index contributed by atoms with van der Waals surface area (Å²) in [5.41, 5.74) is 0. The monoisotopic (exact) mass is 173 g/mol. The molecule has 1 aliphatic rings. The lowest BCUT2D eigenvalue weighted by Gasteiger charge is -2.27. The van der Waals surface area contributed by atoms with Crippen molar-refractivity contribution >= 4 is 0 Å². The molecule has 0 atom stereocenters. The van der Waals surface area contributed by atoms with Gasteiger partial charge < -0.3 is 5.32 Å². The number of hydrogen-bond donors (Lipinski definition) is 1. The molecule has 0 heterocycles. The van der Waals surface area contributed by atoms with E-state index in [4.69, 9.17) is 0 Å². The normalized spacial score (nSPS) is 29.0. The van der Waals surface area contributed by atoms with E-state index < -0.39 is 0 Å². The highest BCUT2D eigenvalue weighted by Gasteiger charge is 2.17. The minimum atomic E-state index is 0. The Morgan fingerprint density at radius 2 is 1.67 bits per heavy atom. The van der Waals surface area contributed by atoms with Crippen molar-refractivity contribution in [2.75, 3.05) is 7.05 Å². The Kier molecular flexibility index (Phi) is 7.58. The summed E-state index contributed by atoms with van der Waals surface area (Å²) < 4.78 is 0. The molecule has 0 spiro atoms. The maximum absolute atomic E-state index is 3.35. The van der Waals surface area contributed by atoms with Crippen LogP contribution in [0, 0.1) is 5.92 Å². The van der Waals surface area contributed by atoms with Crippen molar-refractivity contribution < 1.29 is 1.43 Å². The Labute approximate surface area is 79.4 Å². The van der Waals surface area contributed by atoms with Gasteiger partial charge in [-0.25, -0.2) is 0 Å². The smallest absolute Gasteiger partial charge is 0.00642 e. The van der Waals surface area contributed by atoms with Gasteiger partial charge in [-0.1, -0.05) is 27.2 Å². The van der Waals surface area contributed by atoms with Gasteiger partial charge in [-0.05, 0) is 38.6 Å². The van der Waals surface area contributed by atoms with Crippen LogP contribution in [0.4, 0.5) is 0 Å². The molecule has 0 bridgehead atoms. The third-order valence-corrected chi connectivity index (χ3v) is 2.83. The zero-order chi connectivity index (χ0) is 9.40. The molecule has 1 aliphatic carbocycles. The van der Waals surface area contributed by atoms with Crippen LogP contribution in [0.25, 0.3) is 0 Å². The molecule has 0 aromatic rings. The molecule has 0 aromatic carbocycles. The Hall–Kier alpha value is -0.0400. The molecule has 1 nitrogen and oxygen atoms in total. The van der Waals surface area contributed by atoms with Crippen molar-refractivity contribution in [1.29, 1.82) is 0 Å². The molecule has 12 heavy (non-hydrogen) atoms. The average Bonchev–Trinajstić information content (AvgIpc) is 2.21. The van der Waals surface area contributed by atoms with Gasteiger partial charge in [-0.3, -0.25) is 0 Å². The Bertz CT molecular complexity index is 76.1. The molecule has 1 saturated carbocycles. The van der Waals surface area contributed by atoms with Crippen LogP contribution in [-0.2, 0) is 0 Å². The van der Waals surface area contributed by atoms with E-state index in [-0.39, 0.29) is 1.43 Å². The summed E-state index contributed by atoms with van der Waals surface area (Å²) in [6, 6.07) is 0.822. The fourth-order valence-electron chi connectivity index (χ4n) is 1.86. The molecule has 1 heteroatoms. The highest BCUT2D eigenvalue weighted by molar-refractivity contribution is 4.74. The second-order valence-electron chi connectivity index (χ2n) is 3.41. The Balaban J connectivity index is 0. The van der Waals surface area contributed by atoms with Crippen molar-refractivity contribution in [3.63, 3.8) is 0 Å². The Morgan fingerprint density at radius 3 is 2.00 bits per heavy atom. The fourth-order valence-corrected chi connectivity index (χ4v) is 1.86. The van der Waals surface area contributed by atoms with Crippen molar-refractivity contribution in [3.8, 4) is 0 Å². The lowest BCUT2D eigenvalue weighted by molar-refractivity contribution is 0.296. The maximum atomic E-state index is 3.35. The highest BCUT2D eigenvalue weighted by atomic mass is 14.9. The first-order valence-electron chi connectivity index (χ1n) is 5.54. The first kappa shape index (κ1) is 12.0. The predicted octanol–water partition coefficient (Wildman–Crippen LogP) is 3.45. The number of hydrogen-bond acceptors (Lipinski definition) is 1. The maximum Gasteiger partial charge on any atom is 0.00642 e. The van der Waals surface area contributed by atoms with Crippen LogP contribution >= 0.6 is 0 Å². The molecule has 0 radical (unpaired) electrons. The third-order valence-electron chi connectivity index (χ3n) is 2.83. The summed E-state index contributed by atoms with van der Waals surface area (Å²) in [6.45, 7) is 6.31. The summed E-state index contributed by atoms with van der Waals surface area (Å²) in [4.78, 5) is 0. The second-order valence-corrected chi connectivity index (χ2v) is 3.41. The zero-order valence-corrected chi connectivity index (χ0v) is 9.19.